The number of nitrogens with one attached hydrogen (secondary N) is 1. The quantitative estimate of drug-likeness (QED) is 0.730. The van der Waals surface area contributed by atoms with Gasteiger partial charge in [0.15, 0.2) is 0 Å². The molecule has 112 valence electrons. The van der Waals surface area contributed by atoms with Gasteiger partial charge in [0.25, 0.3) is 0 Å². The molecule has 1 N–H and O–H groups in total. The summed E-state index contributed by atoms with van der Waals surface area (Å²) in [6.45, 7) is 0. The Bertz CT molecular complexity index is 527. The molecule has 0 radical (unpaired) electrons. The fourth-order valence-electron chi connectivity index (χ4n) is 2.22. The minimum atomic E-state index is 0.00306. The lowest BCUT2D eigenvalue weighted by Crippen LogP contribution is -2.37. The molecule has 1 atom stereocenters. The second-order valence-corrected chi connectivity index (χ2v) is 6.38. The van der Waals surface area contributed by atoms with Crippen molar-refractivity contribution in [2.75, 3.05) is 5.88 Å². The van der Waals surface area contributed by atoms with Gasteiger partial charge in [-0.3, -0.25) is 4.79 Å². The first-order chi connectivity index (χ1) is 10.3. The van der Waals surface area contributed by atoms with Crippen LogP contribution >= 0.6 is 22.9 Å². The third kappa shape index (κ3) is 5.90. The maximum atomic E-state index is 12.0. The van der Waals surface area contributed by atoms with E-state index >= 15 is 0 Å². The van der Waals surface area contributed by atoms with Crippen molar-refractivity contribution in [1.29, 1.82) is 0 Å². The summed E-state index contributed by atoms with van der Waals surface area (Å²) in [5.74, 6) is 0.527. The maximum absolute atomic E-state index is 12.0. The van der Waals surface area contributed by atoms with Crippen LogP contribution in [0.25, 0.3) is 0 Å². The van der Waals surface area contributed by atoms with Gasteiger partial charge in [0.1, 0.15) is 0 Å². The van der Waals surface area contributed by atoms with Gasteiger partial charge in [0, 0.05) is 23.2 Å². The van der Waals surface area contributed by atoms with Crippen molar-refractivity contribution < 1.29 is 4.79 Å². The zero-order valence-corrected chi connectivity index (χ0v) is 13.5. The molecular formula is C17H20ClNOS. The molecular weight excluding hydrogens is 302 g/mol. The molecule has 4 heteroatoms. The van der Waals surface area contributed by atoms with E-state index in [9.17, 15) is 4.79 Å². The van der Waals surface area contributed by atoms with Crippen LogP contribution in [-0.4, -0.2) is 17.8 Å². The summed E-state index contributed by atoms with van der Waals surface area (Å²) in [6, 6.07) is 14.3. The van der Waals surface area contributed by atoms with Crippen LogP contribution in [0.1, 0.15) is 23.3 Å². The van der Waals surface area contributed by atoms with Gasteiger partial charge in [-0.1, -0.05) is 36.4 Å². The van der Waals surface area contributed by atoms with Crippen LogP contribution in [0.2, 0.25) is 0 Å². The predicted molar refractivity (Wildman–Crippen MR) is 90.1 cm³/mol. The number of carbonyl (C=O) groups excluding carboxylic acids is 1. The number of halogens is 1. The van der Waals surface area contributed by atoms with Gasteiger partial charge >= 0.3 is 0 Å². The first kappa shape index (κ1) is 16.1. The minimum Gasteiger partial charge on any atom is -0.352 e. The van der Waals surface area contributed by atoms with E-state index in [1.165, 1.54) is 10.4 Å². The Balaban J connectivity index is 1.72. The third-order valence-electron chi connectivity index (χ3n) is 3.28. The normalized spacial score (nSPS) is 12.0. The van der Waals surface area contributed by atoms with Gasteiger partial charge in [-0.25, -0.2) is 0 Å². The van der Waals surface area contributed by atoms with E-state index < -0.39 is 0 Å². The van der Waals surface area contributed by atoms with Crippen LogP contribution < -0.4 is 5.32 Å². The number of thiophene rings is 1. The Morgan fingerprint density at radius 3 is 2.67 bits per heavy atom. The van der Waals surface area contributed by atoms with Crippen molar-refractivity contribution in [3.63, 3.8) is 0 Å². The summed E-state index contributed by atoms with van der Waals surface area (Å²) in [7, 11) is 0. The number of aryl methyl sites for hydroxylation is 1. The largest absolute Gasteiger partial charge is 0.352 e. The van der Waals surface area contributed by atoms with E-state index in [1.54, 1.807) is 11.3 Å². The minimum absolute atomic E-state index is 0.00306. The van der Waals surface area contributed by atoms with Crippen molar-refractivity contribution in [2.24, 2.45) is 0 Å². The van der Waals surface area contributed by atoms with E-state index in [2.05, 4.69) is 28.9 Å². The fourth-order valence-corrected chi connectivity index (χ4v) is 3.16. The molecule has 0 bridgehead atoms. The average molecular weight is 322 g/mol. The smallest absolute Gasteiger partial charge is 0.220 e. The van der Waals surface area contributed by atoms with Crippen LogP contribution in [-0.2, 0) is 17.6 Å². The Labute approximate surface area is 135 Å². The summed E-state index contributed by atoms with van der Waals surface area (Å²) < 4.78 is 0. The number of hydrogen-bond donors (Lipinski definition) is 1. The first-order valence-corrected chi connectivity index (χ1v) is 8.61. The highest BCUT2D eigenvalue weighted by Gasteiger charge is 2.11. The Morgan fingerprint density at radius 1 is 1.19 bits per heavy atom. The summed E-state index contributed by atoms with van der Waals surface area (Å²) in [5, 5.41) is 5.10. The predicted octanol–water partition coefficient (Wildman–Crippen LogP) is 4.04. The van der Waals surface area contributed by atoms with Crippen molar-refractivity contribution in [2.45, 2.75) is 31.7 Å². The van der Waals surface area contributed by atoms with Gasteiger partial charge < -0.3 is 5.32 Å². The summed E-state index contributed by atoms with van der Waals surface area (Å²) >= 11 is 7.71. The molecule has 0 fully saturated rings. The highest BCUT2D eigenvalue weighted by molar-refractivity contribution is 7.09. The van der Waals surface area contributed by atoms with E-state index in [4.69, 9.17) is 11.6 Å². The molecule has 0 aliphatic carbocycles. The molecule has 1 amide bonds. The zero-order chi connectivity index (χ0) is 14.9. The van der Waals surface area contributed by atoms with Gasteiger partial charge in [-0.05, 0) is 36.3 Å². The SMILES string of the molecule is O=C(CCCc1cccs1)NC(CCl)Cc1ccccc1. The van der Waals surface area contributed by atoms with Crippen molar-refractivity contribution in [1.82, 2.24) is 5.32 Å². The van der Waals surface area contributed by atoms with E-state index in [-0.39, 0.29) is 11.9 Å². The Hall–Kier alpha value is -1.32. The van der Waals surface area contributed by atoms with Crippen molar-refractivity contribution >= 4 is 28.8 Å². The lowest BCUT2D eigenvalue weighted by Gasteiger charge is -2.16. The van der Waals surface area contributed by atoms with Gasteiger partial charge in [-0.2, -0.15) is 0 Å². The lowest BCUT2D eigenvalue weighted by molar-refractivity contribution is -0.121. The fraction of sp³-hybridized carbons (Fsp3) is 0.353. The molecule has 1 unspecified atom stereocenters. The maximum Gasteiger partial charge on any atom is 0.220 e. The first-order valence-electron chi connectivity index (χ1n) is 7.19. The Morgan fingerprint density at radius 2 is 2.00 bits per heavy atom. The standard InChI is InChI=1S/C17H20ClNOS/c18-13-15(12-14-6-2-1-3-7-14)19-17(20)10-4-8-16-9-5-11-21-16/h1-3,5-7,9,11,15H,4,8,10,12-13H2,(H,19,20). The lowest BCUT2D eigenvalue weighted by atomic mass is 10.1. The molecule has 1 aromatic heterocycles. The van der Waals surface area contributed by atoms with Gasteiger partial charge in [0.05, 0.1) is 0 Å². The van der Waals surface area contributed by atoms with Crippen LogP contribution in [0.15, 0.2) is 47.8 Å². The second kappa shape index (κ2) is 8.85. The van der Waals surface area contributed by atoms with E-state index in [0.29, 0.717) is 12.3 Å². The summed E-state index contributed by atoms with van der Waals surface area (Å²) in [6.07, 6.45) is 3.18. The number of carbonyl (C=O) groups is 1. The number of alkyl halides is 1. The molecule has 0 saturated carbocycles. The number of amides is 1. The monoisotopic (exact) mass is 321 g/mol. The summed E-state index contributed by atoms with van der Waals surface area (Å²) in [4.78, 5) is 13.3. The zero-order valence-electron chi connectivity index (χ0n) is 11.9. The van der Waals surface area contributed by atoms with Crippen LogP contribution in [0, 0.1) is 0 Å². The number of hydrogen-bond acceptors (Lipinski definition) is 2. The molecule has 0 aliphatic heterocycles. The van der Waals surface area contributed by atoms with E-state index in [1.807, 2.05) is 24.3 Å². The van der Waals surface area contributed by atoms with Crippen molar-refractivity contribution in [3.05, 3.63) is 58.3 Å². The molecule has 0 aliphatic rings. The van der Waals surface area contributed by atoms with E-state index in [0.717, 1.165) is 19.3 Å². The average Bonchev–Trinajstić information content (AvgIpc) is 3.01. The molecule has 21 heavy (non-hydrogen) atoms. The number of benzene rings is 1. The van der Waals surface area contributed by atoms with Crippen molar-refractivity contribution in [3.8, 4) is 0 Å². The summed E-state index contributed by atoms with van der Waals surface area (Å²) in [5.41, 5.74) is 1.20. The van der Waals surface area contributed by atoms with Crippen LogP contribution in [0.3, 0.4) is 0 Å². The molecule has 0 spiro atoms. The molecule has 2 rings (SSSR count). The van der Waals surface area contributed by atoms with Crippen LogP contribution in [0.4, 0.5) is 0 Å². The Kier molecular flexibility index (Phi) is 6.77. The molecule has 0 saturated heterocycles. The van der Waals surface area contributed by atoms with Crippen LogP contribution in [0.5, 0.6) is 0 Å². The highest BCUT2D eigenvalue weighted by atomic mass is 35.5. The molecule has 2 aromatic rings. The number of rotatable bonds is 8. The second-order valence-electron chi connectivity index (χ2n) is 5.04. The molecule has 1 heterocycles. The molecule has 2 nitrogen and oxygen atoms in total. The topological polar surface area (TPSA) is 29.1 Å². The van der Waals surface area contributed by atoms with Gasteiger partial charge in [-0.15, -0.1) is 22.9 Å². The highest BCUT2D eigenvalue weighted by Crippen LogP contribution is 2.12. The van der Waals surface area contributed by atoms with Gasteiger partial charge in [0.2, 0.25) is 5.91 Å². The third-order valence-corrected chi connectivity index (χ3v) is 4.59. The molecule has 1 aromatic carbocycles.